The van der Waals surface area contributed by atoms with Gasteiger partial charge in [-0.3, -0.25) is 9.69 Å². The smallest absolute Gasteiger partial charge is 0.220 e. The predicted molar refractivity (Wildman–Crippen MR) is 83.6 cm³/mol. The van der Waals surface area contributed by atoms with Gasteiger partial charge in [0.25, 0.3) is 0 Å². The van der Waals surface area contributed by atoms with Crippen LogP contribution in [0.15, 0.2) is 28.7 Å². The SMILES string of the molecule is O=C(CCc1ccccc1Br)NC1CCN(C2CC2)C1. The zero-order valence-electron chi connectivity index (χ0n) is 11.6. The molecule has 2 aliphatic rings. The Morgan fingerprint density at radius 3 is 2.85 bits per heavy atom. The summed E-state index contributed by atoms with van der Waals surface area (Å²) in [7, 11) is 0. The van der Waals surface area contributed by atoms with Crippen molar-refractivity contribution in [1.82, 2.24) is 10.2 Å². The van der Waals surface area contributed by atoms with Crippen molar-refractivity contribution in [3.8, 4) is 0 Å². The fourth-order valence-electron chi connectivity index (χ4n) is 2.93. The highest BCUT2D eigenvalue weighted by atomic mass is 79.9. The van der Waals surface area contributed by atoms with E-state index in [2.05, 4.69) is 32.2 Å². The van der Waals surface area contributed by atoms with Crippen molar-refractivity contribution in [1.29, 1.82) is 0 Å². The number of nitrogens with one attached hydrogen (secondary N) is 1. The molecular formula is C16H21BrN2O. The van der Waals surface area contributed by atoms with Crippen LogP contribution >= 0.6 is 15.9 Å². The summed E-state index contributed by atoms with van der Waals surface area (Å²) in [4.78, 5) is 14.6. The average Bonchev–Trinajstić information content (AvgIpc) is 3.19. The first kappa shape index (κ1) is 14.1. The lowest BCUT2D eigenvalue weighted by Gasteiger charge is -2.15. The fourth-order valence-corrected chi connectivity index (χ4v) is 3.41. The quantitative estimate of drug-likeness (QED) is 0.896. The molecule has 1 amide bonds. The number of halogens is 1. The van der Waals surface area contributed by atoms with E-state index in [-0.39, 0.29) is 5.91 Å². The summed E-state index contributed by atoms with van der Waals surface area (Å²) in [6.45, 7) is 2.20. The molecule has 1 heterocycles. The number of likely N-dealkylation sites (tertiary alicyclic amines) is 1. The molecule has 0 spiro atoms. The van der Waals surface area contributed by atoms with Gasteiger partial charge in [0.15, 0.2) is 0 Å². The molecule has 0 bridgehead atoms. The number of carbonyl (C=O) groups is 1. The third-order valence-electron chi connectivity index (χ3n) is 4.23. The van der Waals surface area contributed by atoms with Crippen LogP contribution in [0.3, 0.4) is 0 Å². The standard InChI is InChI=1S/C16H21BrN2O/c17-15-4-2-1-3-12(15)5-8-16(20)18-13-9-10-19(11-13)14-6-7-14/h1-4,13-14H,5-11H2,(H,18,20). The van der Waals surface area contributed by atoms with Gasteiger partial charge in [-0.15, -0.1) is 0 Å². The Hall–Kier alpha value is -0.870. The van der Waals surface area contributed by atoms with Crippen LogP contribution in [0.2, 0.25) is 0 Å². The van der Waals surface area contributed by atoms with E-state index in [1.165, 1.54) is 18.4 Å². The second-order valence-corrected chi connectivity index (χ2v) is 6.72. The maximum atomic E-state index is 12.0. The molecule has 2 fully saturated rings. The van der Waals surface area contributed by atoms with Crippen LogP contribution in [0.4, 0.5) is 0 Å². The van der Waals surface area contributed by atoms with Gasteiger partial charge in [0.05, 0.1) is 0 Å². The first-order valence-electron chi connectivity index (χ1n) is 7.49. The first-order chi connectivity index (χ1) is 9.72. The van der Waals surface area contributed by atoms with Crippen molar-refractivity contribution in [2.45, 2.75) is 44.2 Å². The molecule has 1 aromatic carbocycles. The lowest BCUT2D eigenvalue weighted by atomic mass is 10.1. The van der Waals surface area contributed by atoms with E-state index < -0.39 is 0 Å². The van der Waals surface area contributed by atoms with E-state index in [0.29, 0.717) is 12.5 Å². The fraction of sp³-hybridized carbons (Fsp3) is 0.562. The number of amides is 1. The van der Waals surface area contributed by atoms with Crippen molar-refractivity contribution in [2.75, 3.05) is 13.1 Å². The van der Waals surface area contributed by atoms with Gasteiger partial charge >= 0.3 is 0 Å². The number of hydrogen-bond acceptors (Lipinski definition) is 2. The zero-order valence-corrected chi connectivity index (χ0v) is 13.2. The minimum atomic E-state index is 0.184. The van der Waals surface area contributed by atoms with E-state index >= 15 is 0 Å². The van der Waals surface area contributed by atoms with Gasteiger partial charge in [-0.05, 0) is 37.3 Å². The molecule has 4 heteroatoms. The summed E-state index contributed by atoms with van der Waals surface area (Å²) in [6, 6.07) is 9.29. The normalized spacial score (nSPS) is 22.9. The molecular weight excluding hydrogens is 316 g/mol. The Bertz CT molecular complexity index is 487. The Morgan fingerprint density at radius 1 is 1.30 bits per heavy atom. The number of rotatable bonds is 5. The minimum absolute atomic E-state index is 0.184. The van der Waals surface area contributed by atoms with Gasteiger partial charge in [0.1, 0.15) is 0 Å². The Kier molecular flexibility index (Phi) is 4.41. The Balaban J connectivity index is 1.42. The molecule has 3 rings (SSSR count). The number of aryl methyl sites for hydroxylation is 1. The highest BCUT2D eigenvalue weighted by Gasteiger charge is 2.34. The predicted octanol–water partition coefficient (Wildman–Crippen LogP) is 2.73. The van der Waals surface area contributed by atoms with Gasteiger partial charge in [0, 0.05) is 36.1 Å². The summed E-state index contributed by atoms with van der Waals surface area (Å²) in [5, 5.41) is 3.19. The molecule has 1 unspecified atom stereocenters. The van der Waals surface area contributed by atoms with Gasteiger partial charge in [-0.2, -0.15) is 0 Å². The van der Waals surface area contributed by atoms with Crippen molar-refractivity contribution in [3.63, 3.8) is 0 Å². The van der Waals surface area contributed by atoms with E-state index in [4.69, 9.17) is 0 Å². The van der Waals surface area contributed by atoms with Crippen molar-refractivity contribution in [2.24, 2.45) is 0 Å². The summed E-state index contributed by atoms with van der Waals surface area (Å²) < 4.78 is 1.09. The van der Waals surface area contributed by atoms with Crippen LogP contribution < -0.4 is 5.32 Å². The largest absolute Gasteiger partial charge is 0.352 e. The summed E-state index contributed by atoms with van der Waals surface area (Å²) in [5.74, 6) is 0.184. The van der Waals surface area contributed by atoms with Crippen molar-refractivity contribution in [3.05, 3.63) is 34.3 Å². The molecule has 1 atom stereocenters. The van der Waals surface area contributed by atoms with Crippen LogP contribution in [0.25, 0.3) is 0 Å². The maximum absolute atomic E-state index is 12.0. The van der Waals surface area contributed by atoms with Crippen LogP contribution in [0.5, 0.6) is 0 Å². The lowest BCUT2D eigenvalue weighted by molar-refractivity contribution is -0.121. The number of hydrogen-bond donors (Lipinski definition) is 1. The molecule has 1 aliphatic carbocycles. The van der Waals surface area contributed by atoms with Crippen molar-refractivity contribution >= 4 is 21.8 Å². The minimum Gasteiger partial charge on any atom is -0.352 e. The number of benzene rings is 1. The number of nitrogens with zero attached hydrogens (tertiary/aromatic N) is 1. The molecule has 1 N–H and O–H groups in total. The molecule has 1 saturated heterocycles. The monoisotopic (exact) mass is 336 g/mol. The number of carbonyl (C=O) groups excluding carboxylic acids is 1. The van der Waals surface area contributed by atoms with Crippen LogP contribution in [0, 0.1) is 0 Å². The second-order valence-electron chi connectivity index (χ2n) is 5.87. The van der Waals surface area contributed by atoms with Crippen LogP contribution in [-0.2, 0) is 11.2 Å². The highest BCUT2D eigenvalue weighted by molar-refractivity contribution is 9.10. The lowest BCUT2D eigenvalue weighted by Crippen LogP contribution is -2.37. The third kappa shape index (κ3) is 3.61. The molecule has 108 valence electrons. The zero-order chi connectivity index (χ0) is 13.9. The summed E-state index contributed by atoms with van der Waals surface area (Å²) in [6.07, 6.45) is 5.18. The van der Waals surface area contributed by atoms with E-state index in [9.17, 15) is 4.79 Å². The molecule has 3 nitrogen and oxygen atoms in total. The van der Waals surface area contributed by atoms with Crippen LogP contribution in [-0.4, -0.2) is 36.0 Å². The van der Waals surface area contributed by atoms with Gasteiger partial charge in [0.2, 0.25) is 5.91 Å². The second kappa shape index (κ2) is 6.27. The van der Waals surface area contributed by atoms with E-state index in [1.807, 2.05) is 18.2 Å². The van der Waals surface area contributed by atoms with Gasteiger partial charge in [-0.25, -0.2) is 0 Å². The topological polar surface area (TPSA) is 32.3 Å². The Labute approximate surface area is 128 Å². The van der Waals surface area contributed by atoms with Crippen molar-refractivity contribution < 1.29 is 4.79 Å². The third-order valence-corrected chi connectivity index (χ3v) is 5.00. The van der Waals surface area contributed by atoms with Crippen LogP contribution in [0.1, 0.15) is 31.2 Å². The Morgan fingerprint density at radius 2 is 2.10 bits per heavy atom. The molecule has 1 aliphatic heterocycles. The molecule has 20 heavy (non-hydrogen) atoms. The molecule has 0 aromatic heterocycles. The van der Waals surface area contributed by atoms with Gasteiger partial charge < -0.3 is 5.32 Å². The summed E-state index contributed by atoms with van der Waals surface area (Å²) in [5.41, 5.74) is 1.20. The van der Waals surface area contributed by atoms with E-state index in [0.717, 1.165) is 36.4 Å². The molecule has 1 aromatic rings. The highest BCUT2D eigenvalue weighted by Crippen LogP contribution is 2.29. The molecule has 0 radical (unpaired) electrons. The van der Waals surface area contributed by atoms with Gasteiger partial charge in [-0.1, -0.05) is 34.1 Å². The molecule has 1 saturated carbocycles. The summed E-state index contributed by atoms with van der Waals surface area (Å²) >= 11 is 3.53. The first-order valence-corrected chi connectivity index (χ1v) is 8.28. The average molecular weight is 337 g/mol. The maximum Gasteiger partial charge on any atom is 0.220 e. The van der Waals surface area contributed by atoms with E-state index in [1.54, 1.807) is 0 Å².